The quantitative estimate of drug-likeness (QED) is 0.258. The monoisotopic (exact) mass is 481 g/mol. The molecule has 1 heterocycles. The molecule has 166 valence electrons. The van der Waals surface area contributed by atoms with Gasteiger partial charge in [0, 0.05) is 10.6 Å². The Kier molecular flexibility index (Phi) is 6.49. The van der Waals surface area contributed by atoms with Crippen LogP contribution < -0.4 is 9.47 Å². The Bertz CT molecular complexity index is 1310. The Balaban J connectivity index is 1.57. The minimum atomic E-state index is -0.659. The predicted octanol–water partition coefficient (Wildman–Crippen LogP) is 5.87. The van der Waals surface area contributed by atoms with Gasteiger partial charge in [-0.2, -0.15) is 0 Å². The molecule has 8 heteroatoms. The van der Waals surface area contributed by atoms with E-state index in [-0.39, 0.29) is 33.7 Å². The molecule has 0 N–H and O–H groups in total. The highest BCUT2D eigenvalue weighted by atomic mass is 35.5. The van der Waals surface area contributed by atoms with Crippen molar-refractivity contribution >= 4 is 47.1 Å². The van der Waals surface area contributed by atoms with Crippen LogP contribution in [0.5, 0.6) is 11.5 Å². The largest absolute Gasteiger partial charge is 0.493 e. The van der Waals surface area contributed by atoms with Crippen LogP contribution in [0.2, 0.25) is 10.0 Å². The van der Waals surface area contributed by atoms with E-state index in [0.29, 0.717) is 16.1 Å². The van der Waals surface area contributed by atoms with E-state index in [4.69, 9.17) is 37.4 Å². The lowest BCUT2D eigenvalue weighted by Gasteiger charge is -2.11. The summed E-state index contributed by atoms with van der Waals surface area (Å²) in [7, 11) is 1.44. The average Bonchev–Trinajstić information content (AvgIpc) is 3.15. The van der Waals surface area contributed by atoms with Gasteiger partial charge in [0.25, 0.3) is 0 Å². The third-order valence-electron chi connectivity index (χ3n) is 4.76. The molecule has 4 rings (SSSR count). The fourth-order valence-corrected chi connectivity index (χ4v) is 3.54. The van der Waals surface area contributed by atoms with Crippen LogP contribution in [0.25, 0.3) is 6.08 Å². The number of ether oxygens (including phenoxy) is 3. The molecule has 3 aromatic rings. The summed E-state index contributed by atoms with van der Waals surface area (Å²) in [5.41, 5.74) is 2.71. The van der Waals surface area contributed by atoms with Gasteiger partial charge < -0.3 is 14.2 Å². The van der Waals surface area contributed by atoms with E-state index < -0.39 is 11.9 Å². The molecule has 33 heavy (non-hydrogen) atoms. The van der Waals surface area contributed by atoms with Crippen LogP contribution in [0.4, 0.5) is 0 Å². The minimum absolute atomic E-state index is 0.144. The van der Waals surface area contributed by atoms with Crippen molar-refractivity contribution in [3.8, 4) is 11.5 Å². The zero-order valence-electron chi connectivity index (χ0n) is 17.6. The third-order valence-corrected chi connectivity index (χ3v) is 5.31. The first kappa shape index (κ1) is 22.6. The van der Waals surface area contributed by atoms with Crippen molar-refractivity contribution in [1.82, 2.24) is 0 Å². The summed E-state index contributed by atoms with van der Waals surface area (Å²) < 4.78 is 16.1. The van der Waals surface area contributed by atoms with Gasteiger partial charge in [0.05, 0.1) is 17.7 Å². The lowest BCUT2D eigenvalue weighted by Crippen LogP contribution is -2.10. The number of halogens is 2. The SMILES string of the molecule is COc1cc(/C=C2\N=C(c3ccc(C)cc3)OC2=O)ccc1OC(=O)c1ccc(Cl)cc1Cl. The number of hydrogen-bond donors (Lipinski definition) is 0. The maximum atomic E-state index is 12.5. The first-order valence-corrected chi connectivity index (χ1v) is 10.5. The highest BCUT2D eigenvalue weighted by molar-refractivity contribution is 6.36. The molecule has 0 atom stereocenters. The summed E-state index contributed by atoms with van der Waals surface area (Å²) in [4.78, 5) is 29.1. The fourth-order valence-electron chi connectivity index (χ4n) is 3.05. The summed E-state index contributed by atoms with van der Waals surface area (Å²) in [5, 5.41) is 0.583. The van der Waals surface area contributed by atoms with E-state index in [2.05, 4.69) is 4.99 Å². The van der Waals surface area contributed by atoms with Gasteiger partial charge in [-0.25, -0.2) is 14.6 Å². The minimum Gasteiger partial charge on any atom is -0.493 e. The number of esters is 2. The van der Waals surface area contributed by atoms with Crippen molar-refractivity contribution in [3.63, 3.8) is 0 Å². The first-order valence-electron chi connectivity index (χ1n) is 9.79. The van der Waals surface area contributed by atoms with Gasteiger partial charge in [-0.3, -0.25) is 0 Å². The Labute approximate surface area is 200 Å². The molecular formula is C25H17Cl2NO5. The molecule has 0 spiro atoms. The van der Waals surface area contributed by atoms with Crippen LogP contribution in [0.1, 0.15) is 27.0 Å². The van der Waals surface area contributed by atoms with Crippen LogP contribution >= 0.6 is 23.2 Å². The zero-order valence-corrected chi connectivity index (χ0v) is 19.1. The van der Waals surface area contributed by atoms with Gasteiger partial charge in [-0.05, 0) is 61.0 Å². The molecular weight excluding hydrogens is 465 g/mol. The third kappa shape index (κ3) is 5.08. The number of aryl methyl sites for hydroxylation is 1. The summed E-state index contributed by atoms with van der Waals surface area (Å²) >= 11 is 12.0. The number of methoxy groups -OCH3 is 1. The van der Waals surface area contributed by atoms with Crippen LogP contribution in [0, 0.1) is 6.92 Å². The van der Waals surface area contributed by atoms with E-state index in [1.807, 2.05) is 31.2 Å². The number of aliphatic imine (C=N–C) groups is 1. The molecule has 1 aliphatic rings. The Morgan fingerprint density at radius 1 is 1.00 bits per heavy atom. The van der Waals surface area contributed by atoms with E-state index in [9.17, 15) is 9.59 Å². The Hall–Kier alpha value is -3.61. The summed E-state index contributed by atoms with van der Waals surface area (Å²) in [6, 6.07) is 16.8. The Morgan fingerprint density at radius 2 is 1.76 bits per heavy atom. The van der Waals surface area contributed by atoms with Crippen molar-refractivity contribution in [2.24, 2.45) is 4.99 Å². The second-order valence-corrected chi connectivity index (χ2v) is 7.97. The topological polar surface area (TPSA) is 74.2 Å². The first-order chi connectivity index (χ1) is 15.8. The standard InChI is InChI=1S/C25H17Cl2NO5/c1-14-3-6-16(7-4-14)23-28-20(25(30)33-23)11-15-5-10-21(22(12-15)31-2)32-24(29)18-9-8-17(26)13-19(18)27/h3-13H,1-2H3/b20-11-. The van der Waals surface area contributed by atoms with Crippen LogP contribution in [0.15, 0.2) is 71.4 Å². The highest BCUT2D eigenvalue weighted by Crippen LogP contribution is 2.31. The summed E-state index contributed by atoms with van der Waals surface area (Å²) in [6.07, 6.45) is 1.56. The second-order valence-electron chi connectivity index (χ2n) is 7.13. The van der Waals surface area contributed by atoms with Crippen molar-refractivity contribution in [2.75, 3.05) is 7.11 Å². The second kappa shape index (κ2) is 9.48. The normalized spacial score (nSPS) is 14.1. The molecule has 0 aliphatic carbocycles. The molecule has 3 aromatic carbocycles. The lowest BCUT2D eigenvalue weighted by atomic mass is 10.1. The van der Waals surface area contributed by atoms with Gasteiger partial charge in [-0.1, -0.05) is 47.0 Å². The van der Waals surface area contributed by atoms with E-state index in [1.54, 1.807) is 30.3 Å². The van der Waals surface area contributed by atoms with E-state index in [1.165, 1.54) is 19.2 Å². The van der Waals surface area contributed by atoms with Gasteiger partial charge in [0.15, 0.2) is 17.2 Å². The average molecular weight is 482 g/mol. The van der Waals surface area contributed by atoms with Gasteiger partial charge in [0.1, 0.15) is 0 Å². The molecule has 0 fully saturated rings. The lowest BCUT2D eigenvalue weighted by molar-refractivity contribution is -0.129. The fraction of sp³-hybridized carbons (Fsp3) is 0.0800. The molecule has 6 nitrogen and oxygen atoms in total. The molecule has 0 unspecified atom stereocenters. The number of carbonyl (C=O) groups is 2. The number of cyclic esters (lactones) is 1. The highest BCUT2D eigenvalue weighted by Gasteiger charge is 2.24. The Morgan fingerprint density at radius 3 is 2.45 bits per heavy atom. The number of carbonyl (C=O) groups excluding carboxylic acids is 2. The van der Waals surface area contributed by atoms with Crippen molar-refractivity contribution in [2.45, 2.75) is 6.92 Å². The van der Waals surface area contributed by atoms with Crippen LogP contribution in [-0.2, 0) is 9.53 Å². The van der Waals surface area contributed by atoms with Crippen LogP contribution in [0.3, 0.4) is 0 Å². The van der Waals surface area contributed by atoms with Crippen LogP contribution in [-0.4, -0.2) is 24.9 Å². The van der Waals surface area contributed by atoms with E-state index >= 15 is 0 Å². The number of nitrogens with zero attached hydrogens (tertiary/aromatic N) is 1. The molecule has 0 saturated heterocycles. The maximum Gasteiger partial charge on any atom is 0.363 e. The molecule has 0 bridgehead atoms. The van der Waals surface area contributed by atoms with Crippen molar-refractivity contribution in [3.05, 3.63) is 98.7 Å². The molecule has 0 saturated carbocycles. The van der Waals surface area contributed by atoms with Crippen molar-refractivity contribution < 1.29 is 23.8 Å². The number of rotatable bonds is 5. The molecule has 0 aromatic heterocycles. The number of hydrogen-bond acceptors (Lipinski definition) is 6. The predicted molar refractivity (Wildman–Crippen MR) is 126 cm³/mol. The van der Waals surface area contributed by atoms with Gasteiger partial charge in [0.2, 0.25) is 5.90 Å². The smallest absolute Gasteiger partial charge is 0.363 e. The maximum absolute atomic E-state index is 12.5. The zero-order chi connectivity index (χ0) is 23.5. The van der Waals surface area contributed by atoms with Crippen molar-refractivity contribution in [1.29, 1.82) is 0 Å². The summed E-state index contributed by atoms with van der Waals surface area (Å²) in [6.45, 7) is 1.97. The molecule has 1 aliphatic heterocycles. The molecule has 0 radical (unpaired) electrons. The summed E-state index contributed by atoms with van der Waals surface area (Å²) in [5.74, 6) is -0.501. The van der Waals surface area contributed by atoms with E-state index in [0.717, 1.165) is 5.56 Å². The molecule has 0 amide bonds. The number of benzene rings is 3. The van der Waals surface area contributed by atoms with Gasteiger partial charge in [-0.15, -0.1) is 0 Å². The van der Waals surface area contributed by atoms with Gasteiger partial charge >= 0.3 is 11.9 Å².